The quantitative estimate of drug-likeness (QED) is 0.280. The first-order chi connectivity index (χ1) is 9.42. The molecule has 0 aliphatic heterocycles. The largest absolute Gasteiger partial charge is 0.506 e. The molecule has 0 unspecified atom stereocenters. The number of anilines is 1. The first-order valence-corrected chi connectivity index (χ1v) is 5.26. The van der Waals surface area contributed by atoms with E-state index in [1.807, 2.05) is 0 Å². The summed E-state index contributed by atoms with van der Waals surface area (Å²) in [6.07, 6.45) is 0.603. The summed E-state index contributed by atoms with van der Waals surface area (Å²) in [4.78, 5) is 32.4. The van der Waals surface area contributed by atoms with Crippen molar-refractivity contribution in [3.8, 4) is 5.75 Å². The molecule has 0 bridgehead atoms. The Balaban J connectivity index is 3.68. The van der Waals surface area contributed by atoms with Gasteiger partial charge in [-0.25, -0.2) is 9.59 Å². The lowest BCUT2D eigenvalue weighted by atomic mass is 9.96. The van der Waals surface area contributed by atoms with Gasteiger partial charge >= 0.3 is 11.9 Å². The second-order valence-corrected chi connectivity index (χ2v) is 3.62. The van der Waals surface area contributed by atoms with Crippen LogP contribution in [0.1, 0.15) is 11.1 Å². The minimum atomic E-state index is -1.58. The summed E-state index contributed by atoms with van der Waals surface area (Å²) in [5.74, 6) is -3.56. The van der Waals surface area contributed by atoms with E-state index in [1.165, 1.54) is 6.07 Å². The van der Waals surface area contributed by atoms with E-state index >= 15 is 0 Å². The number of rotatable bonds is 6. The van der Waals surface area contributed by atoms with Gasteiger partial charge in [0, 0.05) is 11.6 Å². The molecule has 1 aromatic carbocycles. The third-order valence-corrected chi connectivity index (χ3v) is 2.41. The molecule has 106 valence electrons. The summed E-state index contributed by atoms with van der Waals surface area (Å²) in [5.41, 5.74) is -1.19. The number of aromatic hydroxyl groups is 1. The van der Waals surface area contributed by atoms with Crippen LogP contribution in [0.25, 0.3) is 5.57 Å². The minimum Gasteiger partial charge on any atom is -0.506 e. The molecule has 0 fully saturated rings. The molecule has 8 heteroatoms. The number of benzene rings is 1. The van der Waals surface area contributed by atoms with Crippen molar-refractivity contribution in [2.45, 2.75) is 6.61 Å². The minimum absolute atomic E-state index is 0.0436. The number of aliphatic carboxylic acids is 2. The fourth-order valence-electron chi connectivity index (χ4n) is 1.64. The van der Waals surface area contributed by atoms with Crippen LogP contribution in [0, 0.1) is 0 Å². The summed E-state index contributed by atoms with van der Waals surface area (Å²) in [7, 11) is 0. The normalized spacial score (nSPS) is 10.9. The van der Waals surface area contributed by atoms with Crippen LogP contribution in [-0.2, 0) is 21.0 Å². The maximum Gasteiger partial charge on any atom is 0.336 e. The molecule has 0 aliphatic carbocycles. The van der Waals surface area contributed by atoms with E-state index in [2.05, 4.69) is 5.32 Å². The van der Waals surface area contributed by atoms with E-state index < -0.39 is 29.9 Å². The fraction of sp³-hybridized carbons (Fsp3) is 0.0833. The van der Waals surface area contributed by atoms with Crippen molar-refractivity contribution in [3.05, 3.63) is 29.3 Å². The Kier molecular flexibility index (Phi) is 4.82. The highest BCUT2D eigenvalue weighted by atomic mass is 16.4. The molecule has 0 radical (unpaired) electrons. The van der Waals surface area contributed by atoms with Gasteiger partial charge in [-0.05, 0) is 11.6 Å². The van der Waals surface area contributed by atoms with E-state index in [-0.39, 0.29) is 23.2 Å². The second-order valence-electron chi connectivity index (χ2n) is 3.62. The Morgan fingerprint density at radius 2 is 1.90 bits per heavy atom. The molecular weight excluding hydrogens is 270 g/mol. The highest BCUT2D eigenvalue weighted by Gasteiger charge is 2.22. The maximum atomic E-state index is 11.2. The molecule has 1 amide bonds. The van der Waals surface area contributed by atoms with Crippen LogP contribution in [0.3, 0.4) is 0 Å². The number of aliphatic hydroxyl groups is 1. The Labute approximate surface area is 112 Å². The van der Waals surface area contributed by atoms with Crippen molar-refractivity contribution in [1.29, 1.82) is 0 Å². The third-order valence-electron chi connectivity index (χ3n) is 2.41. The summed E-state index contributed by atoms with van der Waals surface area (Å²) in [6, 6.07) is 2.36. The summed E-state index contributed by atoms with van der Waals surface area (Å²) < 4.78 is 0. The summed E-state index contributed by atoms with van der Waals surface area (Å²) in [6.45, 7) is -0.604. The lowest BCUT2D eigenvalue weighted by Gasteiger charge is -2.14. The Morgan fingerprint density at radius 3 is 2.35 bits per heavy atom. The number of carboxylic acids is 2. The van der Waals surface area contributed by atoms with Crippen LogP contribution in [0.2, 0.25) is 0 Å². The zero-order valence-corrected chi connectivity index (χ0v) is 10.0. The first-order valence-electron chi connectivity index (χ1n) is 5.26. The highest BCUT2D eigenvalue weighted by molar-refractivity contribution is 6.22. The number of carbonyl (C=O) groups excluding carboxylic acids is 1. The van der Waals surface area contributed by atoms with Gasteiger partial charge in [0.2, 0.25) is 6.41 Å². The number of carbonyl (C=O) groups is 3. The lowest BCUT2D eigenvalue weighted by Crippen LogP contribution is -2.10. The summed E-state index contributed by atoms with van der Waals surface area (Å²) in [5, 5.41) is 38.7. The molecule has 0 saturated carbocycles. The molecule has 0 heterocycles. The van der Waals surface area contributed by atoms with Gasteiger partial charge in [-0.15, -0.1) is 0 Å². The predicted octanol–water partition coefficient (Wildman–Crippen LogP) is 0.00540. The van der Waals surface area contributed by atoms with E-state index in [0.29, 0.717) is 6.08 Å². The number of aliphatic hydroxyl groups excluding tert-OH is 1. The highest BCUT2D eigenvalue weighted by Crippen LogP contribution is 2.35. The molecule has 0 atom stereocenters. The number of carboxylic acid groups (broad SMARTS) is 2. The van der Waals surface area contributed by atoms with Gasteiger partial charge in [0.15, 0.2) is 0 Å². The van der Waals surface area contributed by atoms with Crippen LogP contribution >= 0.6 is 0 Å². The average molecular weight is 281 g/mol. The Hall–Kier alpha value is -2.87. The number of nitrogens with one attached hydrogen (secondary N) is 1. The number of phenolic OH excluding ortho intramolecular Hbond substituents is 1. The van der Waals surface area contributed by atoms with Crippen LogP contribution in [-0.4, -0.2) is 38.8 Å². The van der Waals surface area contributed by atoms with Crippen molar-refractivity contribution in [1.82, 2.24) is 0 Å². The molecule has 0 saturated heterocycles. The van der Waals surface area contributed by atoms with Crippen LogP contribution in [0.4, 0.5) is 5.69 Å². The molecule has 0 spiro atoms. The lowest BCUT2D eigenvalue weighted by molar-refractivity contribution is -0.133. The van der Waals surface area contributed by atoms with Gasteiger partial charge in [0.1, 0.15) is 5.75 Å². The number of amides is 1. The van der Waals surface area contributed by atoms with Crippen molar-refractivity contribution in [3.63, 3.8) is 0 Å². The summed E-state index contributed by atoms with van der Waals surface area (Å²) >= 11 is 0. The van der Waals surface area contributed by atoms with Crippen molar-refractivity contribution in [2.24, 2.45) is 0 Å². The zero-order chi connectivity index (χ0) is 15.3. The van der Waals surface area contributed by atoms with Crippen molar-refractivity contribution < 1.29 is 34.8 Å². The van der Waals surface area contributed by atoms with Gasteiger partial charge < -0.3 is 25.7 Å². The number of phenols is 1. The number of hydrogen-bond donors (Lipinski definition) is 5. The van der Waals surface area contributed by atoms with Crippen LogP contribution in [0.15, 0.2) is 18.2 Å². The van der Waals surface area contributed by atoms with Gasteiger partial charge in [-0.1, -0.05) is 6.07 Å². The van der Waals surface area contributed by atoms with Crippen LogP contribution in [0.5, 0.6) is 5.75 Å². The third kappa shape index (κ3) is 3.12. The second kappa shape index (κ2) is 6.34. The maximum absolute atomic E-state index is 11.2. The van der Waals surface area contributed by atoms with Gasteiger partial charge in [0.25, 0.3) is 0 Å². The van der Waals surface area contributed by atoms with E-state index in [0.717, 1.165) is 6.07 Å². The van der Waals surface area contributed by atoms with Gasteiger partial charge in [-0.3, -0.25) is 4.79 Å². The van der Waals surface area contributed by atoms with Crippen LogP contribution < -0.4 is 5.32 Å². The molecule has 1 rings (SSSR count). The zero-order valence-electron chi connectivity index (χ0n) is 10.0. The van der Waals surface area contributed by atoms with Crippen molar-refractivity contribution >= 4 is 29.6 Å². The van der Waals surface area contributed by atoms with E-state index in [4.69, 9.17) is 10.2 Å². The predicted molar refractivity (Wildman–Crippen MR) is 67.0 cm³/mol. The molecule has 5 N–H and O–H groups in total. The molecule has 0 aliphatic rings. The monoisotopic (exact) mass is 281 g/mol. The Morgan fingerprint density at radius 1 is 1.25 bits per heavy atom. The number of hydrogen-bond acceptors (Lipinski definition) is 5. The standard InChI is InChI=1S/C12H11NO7/c14-4-6-1-2-8(16)11(13-5-15)10(6)7(12(19)20)3-9(17)18/h1-3,5,14,16H,4H2,(H,13,15)(H,17,18)(H,19,20)/b7-3-. The topological polar surface area (TPSA) is 144 Å². The first kappa shape index (κ1) is 15.2. The van der Waals surface area contributed by atoms with E-state index in [9.17, 15) is 24.6 Å². The Bertz CT molecular complexity index is 592. The van der Waals surface area contributed by atoms with Gasteiger partial charge in [0.05, 0.1) is 17.9 Å². The molecular formula is C12H11NO7. The van der Waals surface area contributed by atoms with E-state index in [1.54, 1.807) is 0 Å². The van der Waals surface area contributed by atoms with Crippen molar-refractivity contribution in [2.75, 3.05) is 5.32 Å². The molecule has 8 nitrogen and oxygen atoms in total. The molecule has 0 aromatic heterocycles. The molecule has 20 heavy (non-hydrogen) atoms. The molecule has 1 aromatic rings. The average Bonchev–Trinajstić information content (AvgIpc) is 2.38. The van der Waals surface area contributed by atoms with Gasteiger partial charge in [-0.2, -0.15) is 0 Å². The fourth-order valence-corrected chi connectivity index (χ4v) is 1.64. The SMILES string of the molecule is O=CNc1c(O)ccc(CO)c1/C(=C/C(=O)O)C(=O)O. The smallest absolute Gasteiger partial charge is 0.336 e.